The Labute approximate surface area is 108 Å². The number of benzene rings is 1. The van der Waals surface area contributed by atoms with Gasteiger partial charge in [-0.1, -0.05) is 6.92 Å². The van der Waals surface area contributed by atoms with Gasteiger partial charge in [-0.15, -0.1) is 0 Å². The summed E-state index contributed by atoms with van der Waals surface area (Å²) in [6, 6.07) is 2.84. The lowest BCUT2D eigenvalue weighted by Gasteiger charge is -2.24. The monoisotopic (exact) mass is 270 g/mol. The van der Waals surface area contributed by atoms with Crippen LogP contribution in [0.5, 0.6) is 5.75 Å². The number of alkyl halides is 3. The lowest BCUT2D eigenvalue weighted by atomic mass is 10.1. The summed E-state index contributed by atoms with van der Waals surface area (Å²) in [4.78, 5) is 5.56. The Balaban J connectivity index is 2.40. The second kappa shape index (κ2) is 4.95. The molecule has 0 amide bonds. The Morgan fingerprint density at radius 2 is 2.11 bits per heavy atom. The van der Waals surface area contributed by atoms with Crippen LogP contribution in [0.3, 0.4) is 0 Å². The minimum atomic E-state index is -4.43. The number of rotatable bonds is 2. The van der Waals surface area contributed by atoms with Gasteiger partial charge in [-0.25, -0.2) is 0 Å². The van der Waals surface area contributed by atoms with E-state index in [1.54, 1.807) is 12.4 Å². The zero-order chi connectivity index (χ0) is 14.0. The standard InChI is InChI=1S/C13H13F3N2O/c1-2-9-6-17-8-18(7-9)11-5-10(13(14,15)16)3-4-12(11)19/h3-7,19H,2,8H2,1H3. The van der Waals surface area contributed by atoms with E-state index in [4.69, 9.17) is 0 Å². The van der Waals surface area contributed by atoms with E-state index in [-0.39, 0.29) is 18.1 Å². The van der Waals surface area contributed by atoms with Crippen LogP contribution in [0.4, 0.5) is 18.9 Å². The van der Waals surface area contributed by atoms with E-state index >= 15 is 0 Å². The van der Waals surface area contributed by atoms with Gasteiger partial charge in [-0.2, -0.15) is 13.2 Å². The number of aliphatic imine (C=N–C) groups is 1. The van der Waals surface area contributed by atoms with Gasteiger partial charge >= 0.3 is 6.18 Å². The summed E-state index contributed by atoms with van der Waals surface area (Å²) in [5.41, 5.74) is 0.210. The third-order valence-electron chi connectivity index (χ3n) is 2.83. The molecule has 0 saturated carbocycles. The third-order valence-corrected chi connectivity index (χ3v) is 2.83. The largest absolute Gasteiger partial charge is 0.506 e. The number of hydrogen-bond donors (Lipinski definition) is 1. The number of phenolic OH excluding ortho intramolecular Hbond substituents is 1. The maximum atomic E-state index is 12.7. The Hall–Kier alpha value is -1.98. The van der Waals surface area contributed by atoms with Crippen LogP contribution >= 0.6 is 0 Å². The van der Waals surface area contributed by atoms with Crippen molar-refractivity contribution in [2.45, 2.75) is 19.5 Å². The van der Waals surface area contributed by atoms with E-state index < -0.39 is 11.7 Å². The van der Waals surface area contributed by atoms with E-state index in [1.807, 2.05) is 6.92 Å². The summed E-state index contributed by atoms with van der Waals surface area (Å²) in [7, 11) is 0. The molecule has 19 heavy (non-hydrogen) atoms. The number of halogens is 3. The summed E-state index contributed by atoms with van der Waals surface area (Å²) in [6.45, 7) is 2.12. The Bertz CT molecular complexity index is 535. The van der Waals surface area contributed by atoms with E-state index in [9.17, 15) is 18.3 Å². The first-order valence-corrected chi connectivity index (χ1v) is 5.79. The summed E-state index contributed by atoms with van der Waals surface area (Å²) in [5.74, 6) is -0.197. The van der Waals surface area contributed by atoms with Crippen molar-refractivity contribution in [3.05, 3.63) is 35.5 Å². The number of hydrogen-bond acceptors (Lipinski definition) is 3. The van der Waals surface area contributed by atoms with E-state index in [2.05, 4.69) is 4.99 Å². The Morgan fingerprint density at radius 1 is 1.37 bits per heavy atom. The minimum Gasteiger partial charge on any atom is -0.506 e. The maximum absolute atomic E-state index is 12.7. The summed E-state index contributed by atoms with van der Waals surface area (Å²) in [6.07, 6.45) is -0.331. The highest BCUT2D eigenvalue weighted by Crippen LogP contribution is 2.36. The molecular formula is C13H13F3N2O. The van der Waals surface area contributed by atoms with Gasteiger partial charge in [-0.3, -0.25) is 4.99 Å². The highest BCUT2D eigenvalue weighted by molar-refractivity contribution is 5.81. The van der Waals surface area contributed by atoms with Crippen molar-refractivity contribution < 1.29 is 18.3 Å². The smallest absolute Gasteiger partial charge is 0.416 e. The number of phenols is 1. The van der Waals surface area contributed by atoms with Gasteiger partial charge in [0.05, 0.1) is 11.3 Å². The van der Waals surface area contributed by atoms with Gasteiger partial charge in [0.25, 0.3) is 0 Å². The summed E-state index contributed by atoms with van der Waals surface area (Å²) >= 11 is 0. The molecule has 0 radical (unpaired) electrons. The molecule has 0 saturated heterocycles. The van der Waals surface area contributed by atoms with Gasteiger partial charge in [-0.05, 0) is 30.2 Å². The molecule has 3 nitrogen and oxygen atoms in total. The van der Waals surface area contributed by atoms with E-state index in [1.165, 1.54) is 4.90 Å². The van der Waals surface area contributed by atoms with Crippen molar-refractivity contribution in [3.8, 4) is 5.75 Å². The molecule has 2 rings (SSSR count). The first-order chi connectivity index (χ1) is 8.91. The molecule has 0 atom stereocenters. The summed E-state index contributed by atoms with van der Waals surface area (Å²) in [5, 5.41) is 9.72. The van der Waals surface area contributed by atoms with E-state index in [0.29, 0.717) is 0 Å². The van der Waals surface area contributed by atoms with E-state index in [0.717, 1.165) is 30.2 Å². The average Bonchev–Trinajstić information content (AvgIpc) is 2.38. The quantitative estimate of drug-likeness (QED) is 0.892. The van der Waals surface area contributed by atoms with Crippen LogP contribution in [-0.4, -0.2) is 18.0 Å². The van der Waals surface area contributed by atoms with Crippen LogP contribution in [0.25, 0.3) is 0 Å². The number of nitrogens with zero attached hydrogens (tertiary/aromatic N) is 2. The van der Waals surface area contributed by atoms with Gasteiger partial charge in [0, 0.05) is 12.4 Å². The van der Waals surface area contributed by atoms with Crippen LogP contribution < -0.4 is 4.90 Å². The molecule has 0 aromatic heterocycles. The molecular weight excluding hydrogens is 257 g/mol. The molecule has 0 unspecified atom stereocenters. The Morgan fingerprint density at radius 3 is 2.74 bits per heavy atom. The topological polar surface area (TPSA) is 35.8 Å². The number of anilines is 1. The number of aromatic hydroxyl groups is 1. The fraction of sp³-hybridized carbons (Fsp3) is 0.308. The highest BCUT2D eigenvalue weighted by atomic mass is 19.4. The molecule has 1 aromatic rings. The normalized spacial score (nSPS) is 15.6. The molecule has 102 valence electrons. The van der Waals surface area contributed by atoms with Gasteiger partial charge in [0.1, 0.15) is 12.4 Å². The lowest BCUT2D eigenvalue weighted by molar-refractivity contribution is -0.137. The average molecular weight is 270 g/mol. The highest BCUT2D eigenvalue weighted by Gasteiger charge is 2.31. The second-order valence-electron chi connectivity index (χ2n) is 4.18. The lowest BCUT2D eigenvalue weighted by Crippen LogP contribution is -2.21. The zero-order valence-electron chi connectivity index (χ0n) is 10.3. The van der Waals surface area contributed by atoms with Crippen LogP contribution in [0, 0.1) is 0 Å². The number of allylic oxidation sites excluding steroid dienone is 1. The molecule has 1 aliphatic heterocycles. The predicted octanol–water partition coefficient (Wildman–Crippen LogP) is 3.55. The van der Waals surface area contributed by atoms with Crippen LogP contribution in [0.15, 0.2) is 35.0 Å². The van der Waals surface area contributed by atoms with Crippen molar-refractivity contribution in [2.24, 2.45) is 4.99 Å². The Kier molecular flexibility index (Phi) is 3.50. The van der Waals surface area contributed by atoms with Gasteiger partial charge in [0.15, 0.2) is 0 Å². The van der Waals surface area contributed by atoms with Crippen molar-refractivity contribution in [3.63, 3.8) is 0 Å². The van der Waals surface area contributed by atoms with Gasteiger partial charge < -0.3 is 10.0 Å². The SMILES string of the molecule is CCC1=CN(c2cc(C(F)(F)F)ccc2O)CN=C1. The molecule has 1 N–H and O–H groups in total. The fourth-order valence-corrected chi connectivity index (χ4v) is 1.78. The first kappa shape index (κ1) is 13.5. The van der Waals surface area contributed by atoms with Crippen molar-refractivity contribution in [1.82, 2.24) is 0 Å². The summed E-state index contributed by atoms with van der Waals surface area (Å²) < 4.78 is 38.0. The molecule has 1 heterocycles. The van der Waals surface area contributed by atoms with Crippen molar-refractivity contribution in [2.75, 3.05) is 11.6 Å². The van der Waals surface area contributed by atoms with Crippen molar-refractivity contribution in [1.29, 1.82) is 0 Å². The minimum absolute atomic E-state index is 0.109. The second-order valence-corrected chi connectivity index (χ2v) is 4.18. The third kappa shape index (κ3) is 2.89. The molecule has 0 aliphatic carbocycles. The fourth-order valence-electron chi connectivity index (χ4n) is 1.78. The van der Waals surface area contributed by atoms with Crippen molar-refractivity contribution >= 4 is 11.9 Å². The molecule has 1 aromatic carbocycles. The van der Waals surface area contributed by atoms with Crippen LogP contribution in [0.2, 0.25) is 0 Å². The van der Waals surface area contributed by atoms with Gasteiger partial charge in [0.2, 0.25) is 0 Å². The predicted molar refractivity (Wildman–Crippen MR) is 67.3 cm³/mol. The molecule has 1 aliphatic rings. The van der Waals surface area contributed by atoms with Crippen LogP contribution in [0.1, 0.15) is 18.9 Å². The first-order valence-electron chi connectivity index (χ1n) is 5.79. The molecule has 6 heteroatoms. The maximum Gasteiger partial charge on any atom is 0.416 e. The molecule has 0 fully saturated rings. The van der Waals surface area contributed by atoms with Crippen LogP contribution in [-0.2, 0) is 6.18 Å². The zero-order valence-corrected chi connectivity index (χ0v) is 10.3. The molecule has 0 spiro atoms. The molecule has 0 bridgehead atoms.